The molecule has 3 heteroatoms. The third kappa shape index (κ3) is 1.67. The van der Waals surface area contributed by atoms with E-state index >= 15 is 0 Å². The minimum atomic E-state index is -0.345. The molecule has 2 aromatic rings. The summed E-state index contributed by atoms with van der Waals surface area (Å²) in [7, 11) is 0. The molecule has 0 spiro atoms. The molecule has 2 aromatic carbocycles. The van der Waals surface area contributed by atoms with Crippen LogP contribution in [0, 0.1) is 17.1 Å². The number of benzene rings is 2. The molecule has 1 N–H and O–H groups in total. The maximum absolute atomic E-state index is 13.0. The topological polar surface area (TPSA) is 44.0 Å². The van der Waals surface area contributed by atoms with Gasteiger partial charge in [-0.25, -0.2) is 4.39 Å². The summed E-state index contributed by atoms with van der Waals surface area (Å²) in [6, 6.07) is 9.55. The van der Waals surface area contributed by atoms with E-state index in [0.29, 0.717) is 16.5 Å². The largest absolute Gasteiger partial charge is 0.392 e. The second-order valence-corrected chi connectivity index (χ2v) is 3.27. The van der Waals surface area contributed by atoms with Crippen molar-refractivity contribution in [2.75, 3.05) is 0 Å². The molecule has 0 heterocycles. The molecular formula is C12H8FNO. The minimum Gasteiger partial charge on any atom is -0.392 e. The van der Waals surface area contributed by atoms with Crippen molar-refractivity contribution >= 4 is 10.8 Å². The maximum atomic E-state index is 13.0. The molecule has 15 heavy (non-hydrogen) atoms. The lowest BCUT2D eigenvalue weighted by Gasteiger charge is -2.04. The van der Waals surface area contributed by atoms with E-state index in [2.05, 4.69) is 0 Å². The molecule has 0 saturated carbocycles. The Balaban J connectivity index is 2.82. The zero-order valence-electron chi connectivity index (χ0n) is 7.87. The molecule has 0 aliphatic carbocycles. The van der Waals surface area contributed by atoms with Gasteiger partial charge in [0.2, 0.25) is 0 Å². The monoisotopic (exact) mass is 201 g/mol. The molecule has 0 aliphatic heterocycles. The van der Waals surface area contributed by atoms with E-state index < -0.39 is 0 Å². The second-order valence-electron chi connectivity index (χ2n) is 3.27. The van der Waals surface area contributed by atoms with E-state index in [1.54, 1.807) is 18.2 Å². The normalized spacial score (nSPS) is 10.2. The fourth-order valence-corrected chi connectivity index (χ4v) is 1.60. The number of rotatable bonds is 1. The molecule has 2 rings (SSSR count). The van der Waals surface area contributed by atoms with Crippen LogP contribution >= 0.6 is 0 Å². The first kappa shape index (κ1) is 9.63. The Morgan fingerprint density at radius 2 is 2.07 bits per heavy atom. The van der Waals surface area contributed by atoms with E-state index in [1.807, 2.05) is 6.07 Å². The lowest BCUT2D eigenvalue weighted by atomic mass is 10.0. The molecule has 0 unspecified atom stereocenters. The molecule has 0 atom stereocenters. The molecular weight excluding hydrogens is 193 g/mol. The number of aliphatic hydroxyl groups is 1. The minimum absolute atomic E-state index is 0.199. The van der Waals surface area contributed by atoms with Crippen molar-refractivity contribution in [2.24, 2.45) is 0 Å². The summed E-state index contributed by atoms with van der Waals surface area (Å²) in [6.07, 6.45) is 0. The van der Waals surface area contributed by atoms with Gasteiger partial charge in [-0.1, -0.05) is 6.07 Å². The van der Waals surface area contributed by atoms with Crippen molar-refractivity contribution < 1.29 is 9.50 Å². The lowest BCUT2D eigenvalue weighted by molar-refractivity contribution is 0.283. The number of hydrogen-bond acceptors (Lipinski definition) is 2. The molecule has 0 aliphatic rings. The Hall–Kier alpha value is -1.92. The fourth-order valence-electron chi connectivity index (χ4n) is 1.60. The lowest BCUT2D eigenvalue weighted by Crippen LogP contribution is -1.89. The Morgan fingerprint density at radius 3 is 2.73 bits per heavy atom. The first-order valence-corrected chi connectivity index (χ1v) is 4.48. The summed E-state index contributed by atoms with van der Waals surface area (Å²) in [5.74, 6) is -0.345. The van der Waals surface area contributed by atoms with Crippen LogP contribution in [0.3, 0.4) is 0 Å². The summed E-state index contributed by atoms with van der Waals surface area (Å²) >= 11 is 0. The molecule has 0 amide bonds. The highest BCUT2D eigenvalue weighted by atomic mass is 19.1. The van der Waals surface area contributed by atoms with Crippen molar-refractivity contribution in [1.82, 2.24) is 0 Å². The SMILES string of the molecule is N#Cc1cc(CO)c2cc(F)ccc2c1. The number of fused-ring (bicyclic) bond motifs is 1. The standard InChI is InChI=1S/C12H8FNO/c13-11-2-1-9-3-8(6-14)4-10(7-15)12(9)5-11/h1-5,15H,7H2. The predicted octanol–water partition coefficient (Wildman–Crippen LogP) is 2.34. The molecule has 2 nitrogen and oxygen atoms in total. The number of nitriles is 1. The van der Waals surface area contributed by atoms with Crippen molar-refractivity contribution in [3.8, 4) is 6.07 Å². The van der Waals surface area contributed by atoms with Crippen LogP contribution in [0.4, 0.5) is 4.39 Å². The number of nitrogens with zero attached hydrogens (tertiary/aromatic N) is 1. The van der Waals surface area contributed by atoms with Crippen LogP contribution < -0.4 is 0 Å². The molecule has 0 bridgehead atoms. The van der Waals surface area contributed by atoms with Crippen LogP contribution in [0.5, 0.6) is 0 Å². The van der Waals surface area contributed by atoms with Gasteiger partial charge < -0.3 is 5.11 Å². The quantitative estimate of drug-likeness (QED) is 0.769. The van der Waals surface area contributed by atoms with Gasteiger partial charge in [-0.15, -0.1) is 0 Å². The summed E-state index contributed by atoms with van der Waals surface area (Å²) in [5, 5.41) is 19.3. The Kier molecular flexibility index (Phi) is 2.36. The predicted molar refractivity (Wildman–Crippen MR) is 54.5 cm³/mol. The van der Waals surface area contributed by atoms with Crippen LogP contribution in [0.1, 0.15) is 11.1 Å². The van der Waals surface area contributed by atoms with Gasteiger partial charge in [0.1, 0.15) is 5.82 Å². The highest BCUT2D eigenvalue weighted by molar-refractivity contribution is 5.87. The van der Waals surface area contributed by atoms with Gasteiger partial charge in [0.15, 0.2) is 0 Å². The van der Waals surface area contributed by atoms with E-state index in [0.717, 1.165) is 5.39 Å². The van der Waals surface area contributed by atoms with Gasteiger partial charge >= 0.3 is 0 Å². The molecule has 0 saturated heterocycles. The first-order valence-electron chi connectivity index (χ1n) is 4.48. The average Bonchev–Trinajstić information content (AvgIpc) is 2.27. The zero-order valence-corrected chi connectivity index (χ0v) is 7.87. The highest BCUT2D eigenvalue weighted by Crippen LogP contribution is 2.22. The Labute approximate surface area is 86.2 Å². The summed E-state index contributed by atoms with van der Waals surface area (Å²) < 4.78 is 13.0. The fraction of sp³-hybridized carbons (Fsp3) is 0.0833. The zero-order chi connectivity index (χ0) is 10.8. The Bertz CT molecular complexity index is 557. The van der Waals surface area contributed by atoms with Crippen LogP contribution in [0.2, 0.25) is 0 Å². The summed E-state index contributed by atoms with van der Waals surface area (Å²) in [6.45, 7) is -0.199. The van der Waals surface area contributed by atoms with Crippen LogP contribution in [-0.4, -0.2) is 5.11 Å². The number of aliphatic hydroxyl groups excluding tert-OH is 1. The summed E-state index contributed by atoms with van der Waals surface area (Å²) in [4.78, 5) is 0. The van der Waals surface area contributed by atoms with E-state index in [4.69, 9.17) is 10.4 Å². The van der Waals surface area contributed by atoms with E-state index in [9.17, 15) is 4.39 Å². The van der Waals surface area contributed by atoms with Crippen molar-refractivity contribution in [3.05, 3.63) is 47.3 Å². The van der Waals surface area contributed by atoms with Gasteiger partial charge in [0, 0.05) is 0 Å². The van der Waals surface area contributed by atoms with Gasteiger partial charge in [0.25, 0.3) is 0 Å². The van der Waals surface area contributed by atoms with Gasteiger partial charge in [-0.3, -0.25) is 0 Å². The smallest absolute Gasteiger partial charge is 0.123 e. The average molecular weight is 201 g/mol. The molecule has 0 aromatic heterocycles. The highest BCUT2D eigenvalue weighted by Gasteiger charge is 2.04. The number of halogens is 1. The number of hydrogen-bond donors (Lipinski definition) is 1. The molecule has 0 radical (unpaired) electrons. The van der Waals surface area contributed by atoms with Crippen LogP contribution in [0.25, 0.3) is 10.8 Å². The van der Waals surface area contributed by atoms with Crippen LogP contribution in [0.15, 0.2) is 30.3 Å². The van der Waals surface area contributed by atoms with E-state index in [-0.39, 0.29) is 12.4 Å². The van der Waals surface area contributed by atoms with Crippen molar-refractivity contribution in [3.63, 3.8) is 0 Å². The maximum Gasteiger partial charge on any atom is 0.123 e. The van der Waals surface area contributed by atoms with Gasteiger partial charge in [0.05, 0.1) is 18.2 Å². The third-order valence-electron chi connectivity index (χ3n) is 2.30. The van der Waals surface area contributed by atoms with Gasteiger partial charge in [-0.2, -0.15) is 5.26 Å². The van der Waals surface area contributed by atoms with Crippen molar-refractivity contribution in [1.29, 1.82) is 5.26 Å². The van der Waals surface area contributed by atoms with E-state index in [1.165, 1.54) is 12.1 Å². The van der Waals surface area contributed by atoms with Crippen LogP contribution in [-0.2, 0) is 6.61 Å². The Morgan fingerprint density at radius 1 is 1.27 bits per heavy atom. The molecule has 74 valence electrons. The summed E-state index contributed by atoms with van der Waals surface area (Å²) in [5.41, 5.74) is 1.04. The van der Waals surface area contributed by atoms with Gasteiger partial charge in [-0.05, 0) is 40.6 Å². The van der Waals surface area contributed by atoms with Crippen molar-refractivity contribution in [2.45, 2.75) is 6.61 Å². The third-order valence-corrected chi connectivity index (χ3v) is 2.30. The second kappa shape index (κ2) is 3.68. The first-order chi connectivity index (χ1) is 7.24. The molecule has 0 fully saturated rings.